The SMILES string of the molecule is CCCN(Cc1ncc(-c2ccc(-c3ccc(-c4cnc(CN(CCC)C(=O)CC(C)(C)C)s4)cc3)cc2)s1)C(=O)CC(C)(C)C. The Hall–Kier alpha value is -3.36. The van der Waals surface area contributed by atoms with E-state index < -0.39 is 0 Å². The predicted octanol–water partition coefficient (Wildman–Crippen LogP) is 9.95. The summed E-state index contributed by atoms with van der Waals surface area (Å²) >= 11 is 3.31. The zero-order chi connectivity index (χ0) is 33.5. The largest absolute Gasteiger partial charge is 0.336 e. The van der Waals surface area contributed by atoms with Crippen LogP contribution >= 0.6 is 22.7 Å². The molecule has 0 fully saturated rings. The van der Waals surface area contributed by atoms with Crippen molar-refractivity contribution in [3.05, 3.63) is 70.9 Å². The second-order valence-electron chi connectivity index (χ2n) is 14.5. The third-order valence-corrected chi connectivity index (χ3v) is 9.55. The molecule has 0 aliphatic heterocycles. The van der Waals surface area contributed by atoms with Crippen molar-refractivity contribution in [1.29, 1.82) is 0 Å². The van der Waals surface area contributed by atoms with Gasteiger partial charge in [-0.25, -0.2) is 9.97 Å². The molecular formula is C38H50N4O2S2. The van der Waals surface area contributed by atoms with Crippen molar-refractivity contribution >= 4 is 34.5 Å². The van der Waals surface area contributed by atoms with E-state index in [4.69, 9.17) is 0 Å². The second kappa shape index (κ2) is 15.5. The van der Waals surface area contributed by atoms with Crippen molar-refractivity contribution in [2.75, 3.05) is 13.1 Å². The lowest BCUT2D eigenvalue weighted by molar-refractivity contribution is -0.134. The van der Waals surface area contributed by atoms with Crippen LogP contribution in [0.2, 0.25) is 0 Å². The average Bonchev–Trinajstić information content (AvgIpc) is 3.65. The fraction of sp³-hybridized carbons (Fsp3) is 0.474. The summed E-state index contributed by atoms with van der Waals surface area (Å²) in [5.74, 6) is 0.387. The van der Waals surface area contributed by atoms with Crippen LogP contribution in [0.5, 0.6) is 0 Å². The zero-order valence-corrected chi connectivity index (χ0v) is 30.5. The quantitative estimate of drug-likeness (QED) is 0.143. The molecule has 0 aliphatic rings. The Bertz CT molecular complexity index is 1450. The molecule has 2 heterocycles. The van der Waals surface area contributed by atoms with E-state index in [1.54, 1.807) is 22.7 Å². The fourth-order valence-corrected chi connectivity index (χ4v) is 7.15. The number of rotatable bonds is 13. The lowest BCUT2D eigenvalue weighted by atomic mass is 9.91. The Morgan fingerprint density at radius 2 is 0.913 bits per heavy atom. The fourth-order valence-electron chi connectivity index (χ4n) is 5.27. The van der Waals surface area contributed by atoms with Crippen molar-refractivity contribution in [1.82, 2.24) is 19.8 Å². The monoisotopic (exact) mass is 658 g/mol. The van der Waals surface area contributed by atoms with Gasteiger partial charge in [-0.1, -0.05) is 104 Å². The Morgan fingerprint density at radius 3 is 1.22 bits per heavy atom. The molecule has 246 valence electrons. The van der Waals surface area contributed by atoms with Gasteiger partial charge < -0.3 is 9.80 Å². The smallest absolute Gasteiger partial charge is 0.223 e. The molecular weight excluding hydrogens is 609 g/mol. The highest BCUT2D eigenvalue weighted by Gasteiger charge is 2.23. The summed E-state index contributed by atoms with van der Waals surface area (Å²) in [7, 11) is 0. The summed E-state index contributed by atoms with van der Waals surface area (Å²) in [6.07, 6.45) is 6.79. The normalized spacial score (nSPS) is 11.9. The van der Waals surface area contributed by atoms with Gasteiger partial charge in [-0.3, -0.25) is 9.59 Å². The van der Waals surface area contributed by atoms with E-state index in [0.29, 0.717) is 25.9 Å². The van der Waals surface area contributed by atoms with Crippen LogP contribution < -0.4 is 0 Å². The molecule has 8 heteroatoms. The minimum absolute atomic E-state index is 0.0330. The molecule has 0 N–H and O–H groups in total. The maximum absolute atomic E-state index is 12.9. The summed E-state index contributed by atoms with van der Waals surface area (Å²) in [5, 5.41) is 1.93. The lowest BCUT2D eigenvalue weighted by Gasteiger charge is -2.25. The first-order valence-corrected chi connectivity index (χ1v) is 18.0. The molecule has 0 saturated heterocycles. The molecule has 46 heavy (non-hydrogen) atoms. The molecule has 0 radical (unpaired) electrons. The van der Waals surface area contributed by atoms with Crippen LogP contribution in [0.4, 0.5) is 0 Å². The van der Waals surface area contributed by atoms with Gasteiger partial charge in [0.25, 0.3) is 0 Å². The van der Waals surface area contributed by atoms with Crippen molar-refractivity contribution < 1.29 is 9.59 Å². The van der Waals surface area contributed by atoms with Gasteiger partial charge in [0.1, 0.15) is 10.0 Å². The van der Waals surface area contributed by atoms with E-state index in [-0.39, 0.29) is 22.6 Å². The van der Waals surface area contributed by atoms with Crippen LogP contribution in [-0.2, 0) is 22.7 Å². The summed E-state index contributed by atoms with van der Waals surface area (Å²) < 4.78 is 0. The Labute approximate surface area is 283 Å². The van der Waals surface area contributed by atoms with Crippen molar-refractivity contribution in [2.24, 2.45) is 10.8 Å². The number of nitrogens with zero attached hydrogens (tertiary/aromatic N) is 4. The van der Waals surface area contributed by atoms with Gasteiger partial charge in [0, 0.05) is 38.3 Å². The van der Waals surface area contributed by atoms with E-state index in [2.05, 4.69) is 114 Å². The third-order valence-electron chi connectivity index (χ3n) is 7.49. The topological polar surface area (TPSA) is 66.4 Å². The molecule has 2 aromatic heterocycles. The van der Waals surface area contributed by atoms with Gasteiger partial charge in [-0.05, 0) is 45.9 Å². The molecule has 2 aromatic carbocycles. The van der Waals surface area contributed by atoms with Crippen LogP contribution in [0.15, 0.2) is 60.9 Å². The predicted molar refractivity (Wildman–Crippen MR) is 194 cm³/mol. The highest BCUT2D eigenvalue weighted by Crippen LogP contribution is 2.32. The first kappa shape index (κ1) is 35.5. The molecule has 6 nitrogen and oxygen atoms in total. The van der Waals surface area contributed by atoms with Crippen LogP contribution in [-0.4, -0.2) is 44.7 Å². The number of hydrogen-bond donors (Lipinski definition) is 0. The summed E-state index contributed by atoms with van der Waals surface area (Å²) in [6, 6.07) is 17.2. The van der Waals surface area contributed by atoms with E-state index in [1.807, 2.05) is 22.2 Å². The molecule has 0 aliphatic carbocycles. The van der Waals surface area contributed by atoms with Gasteiger partial charge in [-0.15, -0.1) is 22.7 Å². The summed E-state index contributed by atoms with van der Waals surface area (Å²) in [6.45, 7) is 19.5. The first-order valence-electron chi connectivity index (χ1n) is 16.4. The van der Waals surface area contributed by atoms with Crippen LogP contribution in [0.1, 0.15) is 91.1 Å². The second-order valence-corrected chi connectivity index (χ2v) is 16.7. The minimum atomic E-state index is -0.0330. The van der Waals surface area contributed by atoms with Crippen molar-refractivity contribution in [3.8, 4) is 32.0 Å². The number of amides is 2. The highest BCUT2D eigenvalue weighted by atomic mass is 32.1. The van der Waals surface area contributed by atoms with E-state index in [1.165, 1.54) is 0 Å². The minimum Gasteiger partial charge on any atom is -0.336 e. The number of carbonyl (C=O) groups excluding carboxylic acids is 2. The molecule has 4 aromatic rings. The Kier molecular flexibility index (Phi) is 11.9. The van der Waals surface area contributed by atoms with E-state index >= 15 is 0 Å². The number of hydrogen-bond acceptors (Lipinski definition) is 6. The number of aromatic nitrogens is 2. The number of thiazole rings is 2. The number of benzene rings is 2. The van der Waals surface area contributed by atoms with E-state index in [9.17, 15) is 9.59 Å². The molecule has 0 bridgehead atoms. The van der Waals surface area contributed by atoms with Crippen LogP contribution in [0.3, 0.4) is 0 Å². The summed E-state index contributed by atoms with van der Waals surface area (Å²) in [4.78, 5) is 41.3. The van der Waals surface area contributed by atoms with Crippen molar-refractivity contribution in [3.63, 3.8) is 0 Å². The standard InChI is InChI=1S/C38H50N4O2S2/c1-9-19-41(35(43)21-37(3,4)5)25-33-39-23-31(45-33)29-15-11-27(12-16-29)28-13-17-30(18-14-28)32-24-40-34(46-32)26-42(20-10-2)36(44)22-38(6,7)8/h11-18,23-24H,9-10,19-22,25-26H2,1-8H3. The van der Waals surface area contributed by atoms with Gasteiger partial charge >= 0.3 is 0 Å². The Morgan fingerprint density at radius 1 is 0.587 bits per heavy atom. The highest BCUT2D eigenvalue weighted by molar-refractivity contribution is 7.15. The zero-order valence-electron chi connectivity index (χ0n) is 28.9. The molecule has 2 amide bonds. The molecule has 0 spiro atoms. The first-order chi connectivity index (χ1) is 21.7. The van der Waals surface area contributed by atoms with Gasteiger partial charge in [0.05, 0.1) is 22.8 Å². The average molecular weight is 659 g/mol. The van der Waals surface area contributed by atoms with Crippen molar-refractivity contribution in [2.45, 2.75) is 94.2 Å². The summed E-state index contributed by atoms with van der Waals surface area (Å²) in [5.41, 5.74) is 4.49. The maximum Gasteiger partial charge on any atom is 0.223 e. The molecule has 0 unspecified atom stereocenters. The maximum atomic E-state index is 12.9. The molecule has 0 saturated carbocycles. The number of carbonyl (C=O) groups is 2. The van der Waals surface area contributed by atoms with Gasteiger partial charge in [0.15, 0.2) is 0 Å². The van der Waals surface area contributed by atoms with E-state index in [0.717, 1.165) is 68.0 Å². The van der Waals surface area contributed by atoms with Crippen LogP contribution in [0, 0.1) is 10.8 Å². The van der Waals surface area contributed by atoms with Gasteiger partial charge in [-0.2, -0.15) is 0 Å². The third kappa shape index (κ3) is 10.3. The van der Waals surface area contributed by atoms with Crippen LogP contribution in [0.25, 0.3) is 32.0 Å². The van der Waals surface area contributed by atoms with Gasteiger partial charge in [0.2, 0.25) is 11.8 Å². The molecule has 4 rings (SSSR count). The Balaban J connectivity index is 1.40. The molecule has 0 atom stereocenters. The lowest BCUT2D eigenvalue weighted by Crippen LogP contribution is -2.33.